The van der Waals surface area contributed by atoms with Crippen LogP contribution in [-0.4, -0.2) is 101 Å². The van der Waals surface area contributed by atoms with Crippen LogP contribution in [0.5, 0.6) is 0 Å². The van der Waals surface area contributed by atoms with Crippen LogP contribution in [0.2, 0.25) is 0 Å². The predicted octanol–water partition coefficient (Wildman–Crippen LogP) is -3.78. The summed E-state index contributed by atoms with van der Waals surface area (Å²) in [5.41, 5.74) is 5.28. The molecule has 2 aromatic rings. The van der Waals surface area contributed by atoms with E-state index in [4.69, 9.17) is 19.3 Å². The van der Waals surface area contributed by atoms with E-state index in [1.165, 1.54) is 29.7 Å². The Bertz CT molecular complexity index is 1830. The third kappa shape index (κ3) is 6.66. The first-order valence-corrected chi connectivity index (χ1v) is 16.1. The van der Waals surface area contributed by atoms with E-state index in [1.807, 2.05) is 0 Å². The molecule has 3 amide bonds. The van der Waals surface area contributed by atoms with E-state index < -0.39 is 46.6 Å². The number of aromatic nitrogens is 2. The average Bonchev–Trinajstić information content (AvgIpc) is 3.83. The van der Waals surface area contributed by atoms with E-state index in [-0.39, 0.29) is 101 Å². The number of hydrogen-bond donors (Lipinski definition) is 2. The normalized spacial score (nSPS) is 23.4. The second-order valence-electron chi connectivity index (χ2n) is 11.0. The van der Waals surface area contributed by atoms with Crippen LogP contribution in [0.15, 0.2) is 41.7 Å². The minimum absolute atomic E-state index is 0. The molecule has 248 valence electrons. The first-order chi connectivity index (χ1) is 22.5. The Balaban J connectivity index is 0.00000451. The fourth-order valence-electron chi connectivity index (χ4n) is 5.94. The number of thioether (sulfide) groups is 1. The van der Waals surface area contributed by atoms with Gasteiger partial charge in [0, 0.05) is 48.9 Å². The van der Waals surface area contributed by atoms with Crippen LogP contribution < -0.4 is 46.2 Å². The number of allylic oxidation sites excluding steroid dienone is 1. The molecule has 6 rings (SSSR count). The quantitative estimate of drug-likeness (QED) is 0.0632. The van der Waals surface area contributed by atoms with E-state index in [9.17, 15) is 39.1 Å². The van der Waals surface area contributed by atoms with E-state index in [0.717, 1.165) is 16.4 Å². The first kappa shape index (κ1) is 35.3. The Morgan fingerprint density at radius 3 is 2.65 bits per heavy atom. The number of anilines is 1. The Hall–Kier alpha value is -3.98. The molecule has 0 bridgehead atoms. The van der Waals surface area contributed by atoms with Gasteiger partial charge in [0.1, 0.15) is 0 Å². The molecule has 0 saturated carbocycles. The van der Waals surface area contributed by atoms with Crippen molar-refractivity contribution in [1.82, 2.24) is 24.1 Å². The van der Waals surface area contributed by atoms with Crippen molar-refractivity contribution in [2.45, 2.75) is 44.2 Å². The summed E-state index contributed by atoms with van der Waals surface area (Å²) in [4.78, 5) is 83.3. The Kier molecular flexibility index (Phi) is 10.5. The number of fused-ring (bicyclic) bond motifs is 1. The van der Waals surface area contributed by atoms with E-state index in [2.05, 4.69) is 14.5 Å². The summed E-state index contributed by atoms with van der Waals surface area (Å²) in [6.45, 7) is 2.12. The first-order valence-electron chi connectivity index (χ1n) is 14.2. The maximum absolute atomic E-state index is 13.4. The van der Waals surface area contributed by atoms with Gasteiger partial charge in [-0.2, -0.15) is 9.36 Å². The van der Waals surface area contributed by atoms with Crippen molar-refractivity contribution in [3.63, 3.8) is 0 Å². The molecule has 4 aliphatic heterocycles. The van der Waals surface area contributed by atoms with Crippen LogP contribution in [0.1, 0.15) is 36.6 Å². The summed E-state index contributed by atoms with van der Waals surface area (Å²) in [5.74, 6) is -4.79. The second-order valence-corrected chi connectivity index (χ2v) is 12.9. The molecule has 4 aliphatic rings. The number of carboxylic acids is 1. The maximum atomic E-state index is 13.4. The minimum Gasteiger partial charge on any atom is -0.543 e. The number of carbonyl (C=O) groups is 5. The number of β-lactam (4-membered cyclic amide) rings is 1. The zero-order valence-electron chi connectivity index (χ0n) is 25.6. The number of nitrogen functional groups attached to an aromatic ring is 1. The van der Waals surface area contributed by atoms with Crippen molar-refractivity contribution in [3.8, 4) is 0 Å². The number of hydrogen-bond acceptors (Lipinski definition) is 17. The number of carbonyl (C=O) groups excluding carboxylic acids is 5. The van der Waals surface area contributed by atoms with Crippen LogP contribution in [0.4, 0.5) is 9.93 Å². The number of ketones is 1. The molecule has 18 nitrogen and oxygen atoms in total. The standard InChI is InChI=1S/C27H27N7O11S2.Na/c1-11-17(45-27(41)44-11)9-43-26(40)32-4-3-14(8-32)33-5-2-12(21(33)36)6-13-10-46-23-15(22(37)34(23)19(13)24(38)39)7-16(35)18(30-42)20-29-25(28)47-31-20;/h6,14-15,23,42H,2-5,7-10H2,1H3,(H,38,39)(H2,28,29,31);/q;+1/p-1/b12-6+,30-18+;/t14-,15-,23-;/m1./s1. The SMILES string of the molecule is Cc1oc(=O)oc1COC(=O)N1CC[C@@H](N2CC/C(=C\C3=C(C(=O)[O-])N4C(=O)[C@@H](CC(=O)/C(=N\O)c5nsc(N)n5)[C@H]4SC3)C2=O)C1.[Na+]. The summed E-state index contributed by atoms with van der Waals surface area (Å²) < 4.78 is 18.7. The topological polar surface area (TPSA) is 255 Å². The minimum atomic E-state index is -1.60. The number of nitrogens with two attached hydrogens (primary N) is 1. The third-order valence-electron chi connectivity index (χ3n) is 8.26. The third-order valence-corrected chi connectivity index (χ3v) is 10.2. The maximum Gasteiger partial charge on any atom is 1.00 e. The predicted molar refractivity (Wildman–Crippen MR) is 157 cm³/mol. The van der Waals surface area contributed by atoms with Crippen molar-refractivity contribution in [2.24, 2.45) is 11.1 Å². The molecule has 3 fully saturated rings. The van der Waals surface area contributed by atoms with Crippen LogP contribution in [0.25, 0.3) is 0 Å². The van der Waals surface area contributed by atoms with Gasteiger partial charge in [-0.15, -0.1) is 11.8 Å². The Labute approximate surface area is 301 Å². The van der Waals surface area contributed by atoms with Gasteiger partial charge in [-0.25, -0.2) is 9.59 Å². The number of likely N-dealkylation sites (tertiary alicyclic amines) is 2. The molecule has 3 atom stereocenters. The molecule has 48 heavy (non-hydrogen) atoms. The van der Waals surface area contributed by atoms with Gasteiger partial charge in [-0.1, -0.05) is 5.16 Å². The number of Topliss-reactive ketones (excluding diaryl/α,β-unsaturated/α-hetero) is 1. The summed E-state index contributed by atoms with van der Waals surface area (Å²) in [7, 11) is 0. The van der Waals surface area contributed by atoms with Crippen LogP contribution in [-0.2, 0) is 30.5 Å². The average molecular weight is 712 g/mol. The smallest absolute Gasteiger partial charge is 0.543 e. The molecule has 6 heterocycles. The number of aliphatic carboxylic acids is 1. The monoisotopic (exact) mass is 711 g/mol. The van der Waals surface area contributed by atoms with Gasteiger partial charge in [-0.3, -0.25) is 19.3 Å². The number of amides is 3. The van der Waals surface area contributed by atoms with Crippen LogP contribution in [0.3, 0.4) is 0 Å². The van der Waals surface area contributed by atoms with E-state index in [1.54, 1.807) is 4.90 Å². The summed E-state index contributed by atoms with van der Waals surface area (Å²) in [5, 5.41) is 23.9. The van der Waals surface area contributed by atoms with Crippen molar-refractivity contribution in [1.29, 1.82) is 0 Å². The Morgan fingerprint density at radius 2 is 2.00 bits per heavy atom. The van der Waals surface area contributed by atoms with Gasteiger partial charge in [-0.05, 0) is 31.4 Å². The van der Waals surface area contributed by atoms with Gasteiger partial charge in [0.05, 0.1) is 29.0 Å². The van der Waals surface area contributed by atoms with Crippen LogP contribution in [0, 0.1) is 12.8 Å². The molecule has 0 aliphatic carbocycles. The van der Waals surface area contributed by atoms with Crippen molar-refractivity contribution in [3.05, 3.63) is 50.9 Å². The van der Waals surface area contributed by atoms with Gasteiger partial charge >= 0.3 is 41.5 Å². The van der Waals surface area contributed by atoms with E-state index in [0.29, 0.717) is 31.5 Å². The summed E-state index contributed by atoms with van der Waals surface area (Å²) in [6, 6.07) is -0.298. The van der Waals surface area contributed by atoms with Gasteiger partial charge in [0.2, 0.25) is 17.6 Å². The fourth-order valence-corrected chi connectivity index (χ4v) is 7.75. The van der Waals surface area contributed by atoms with Gasteiger partial charge in [0.25, 0.3) is 0 Å². The zero-order valence-corrected chi connectivity index (χ0v) is 29.2. The number of oxime groups is 1. The van der Waals surface area contributed by atoms with Gasteiger partial charge in [0.15, 0.2) is 34.8 Å². The fraction of sp³-hybridized carbons (Fsp3) is 0.444. The number of carboxylic acid groups (broad SMARTS) is 1. The molecule has 0 spiro atoms. The summed E-state index contributed by atoms with van der Waals surface area (Å²) >= 11 is 2.03. The molecule has 0 radical (unpaired) electrons. The van der Waals surface area contributed by atoms with Crippen molar-refractivity contribution >= 4 is 63.8 Å². The molecule has 0 aromatic carbocycles. The molecule has 2 aromatic heterocycles. The number of aryl methyl sites for hydroxylation is 1. The van der Waals surface area contributed by atoms with Gasteiger partial charge < -0.3 is 44.2 Å². The van der Waals surface area contributed by atoms with Crippen molar-refractivity contribution < 1.29 is 77.4 Å². The molecular formula is C27H26N7NaO11S2. The number of nitrogens with zero attached hydrogens (tertiary/aromatic N) is 6. The number of ether oxygens (including phenoxy) is 1. The van der Waals surface area contributed by atoms with Crippen LogP contribution >= 0.6 is 23.3 Å². The molecule has 3 saturated heterocycles. The number of rotatable bonds is 9. The largest absolute Gasteiger partial charge is 1.00 e. The summed E-state index contributed by atoms with van der Waals surface area (Å²) in [6.07, 6.45) is 1.27. The zero-order chi connectivity index (χ0) is 33.6. The van der Waals surface area contributed by atoms with Crippen molar-refractivity contribution in [2.75, 3.05) is 31.1 Å². The molecule has 21 heteroatoms. The second kappa shape index (κ2) is 14.2. The Morgan fingerprint density at radius 1 is 1.23 bits per heavy atom. The molecule has 3 N–H and O–H groups in total. The molecule has 0 unspecified atom stereocenters. The van der Waals surface area contributed by atoms with E-state index >= 15 is 0 Å². The molecular weight excluding hydrogens is 685 g/mol.